The van der Waals surface area contributed by atoms with Crippen molar-refractivity contribution < 1.29 is 9.53 Å². The van der Waals surface area contributed by atoms with Gasteiger partial charge in [-0.1, -0.05) is 25.5 Å². The molecule has 0 N–H and O–H groups in total. The minimum Gasteiger partial charge on any atom is -0.462 e. The summed E-state index contributed by atoms with van der Waals surface area (Å²) in [5, 5.41) is 6.83. The zero-order valence-corrected chi connectivity index (χ0v) is 16.2. The number of rotatable bonds is 2. The zero-order chi connectivity index (χ0) is 18.5. The van der Waals surface area contributed by atoms with E-state index in [1.807, 2.05) is 0 Å². The van der Waals surface area contributed by atoms with E-state index >= 15 is 0 Å². The summed E-state index contributed by atoms with van der Waals surface area (Å²) in [5.41, 5.74) is 2.85. The molecule has 0 saturated heterocycles. The summed E-state index contributed by atoms with van der Waals surface area (Å²) >= 11 is 0. The van der Waals surface area contributed by atoms with Crippen molar-refractivity contribution in [3.05, 3.63) is 16.6 Å². The Bertz CT molecular complexity index is 685. The lowest BCUT2D eigenvalue weighted by molar-refractivity contribution is -0.148. The van der Waals surface area contributed by atoms with Crippen LogP contribution in [0.3, 0.4) is 0 Å². The second kappa shape index (κ2) is 6.28. The highest BCUT2D eigenvalue weighted by Crippen LogP contribution is 2.64. The Balaban J connectivity index is 1.60. The molecule has 5 nitrogen and oxygen atoms in total. The number of hydrogen-bond donors (Lipinski definition) is 0. The van der Waals surface area contributed by atoms with Crippen molar-refractivity contribution in [3.8, 4) is 0 Å². The SMILES string of the molecule is CC(=O)O[C@H]1CC[C@@]2(C)C(=CC[C@@H]3[C@@H]2CC[C@]2(C)/C(=N/N=O)CC[C@@H]32)C1. The Morgan fingerprint density at radius 1 is 1.15 bits per heavy atom. The van der Waals surface area contributed by atoms with Gasteiger partial charge < -0.3 is 4.74 Å². The van der Waals surface area contributed by atoms with Crippen LogP contribution in [0.4, 0.5) is 0 Å². The maximum Gasteiger partial charge on any atom is 0.302 e. The molecule has 4 rings (SSSR count). The van der Waals surface area contributed by atoms with Gasteiger partial charge >= 0.3 is 5.97 Å². The molecular formula is C21H30N2O3. The first-order chi connectivity index (χ1) is 12.4. The Hall–Kier alpha value is -1.52. The summed E-state index contributed by atoms with van der Waals surface area (Å²) in [6.07, 6.45) is 11.0. The normalized spacial score (nSPS) is 46.0. The van der Waals surface area contributed by atoms with Gasteiger partial charge in [0.05, 0.1) is 11.0 Å². The lowest BCUT2D eigenvalue weighted by Crippen LogP contribution is -2.50. The molecular weight excluding hydrogens is 328 g/mol. The molecule has 0 radical (unpaired) electrons. The van der Waals surface area contributed by atoms with E-state index in [1.54, 1.807) is 0 Å². The quantitative estimate of drug-likeness (QED) is 0.302. The highest BCUT2D eigenvalue weighted by atomic mass is 16.5. The van der Waals surface area contributed by atoms with Crippen LogP contribution in [0.5, 0.6) is 0 Å². The molecule has 26 heavy (non-hydrogen) atoms. The zero-order valence-electron chi connectivity index (χ0n) is 16.2. The van der Waals surface area contributed by atoms with Gasteiger partial charge in [0, 0.05) is 18.8 Å². The average molecular weight is 358 g/mol. The number of ether oxygens (including phenoxy) is 1. The van der Waals surface area contributed by atoms with Crippen LogP contribution in [-0.2, 0) is 9.53 Å². The maximum absolute atomic E-state index is 11.3. The van der Waals surface area contributed by atoms with Gasteiger partial charge in [-0.2, -0.15) is 0 Å². The first kappa shape index (κ1) is 17.9. The third-order valence-corrected chi connectivity index (χ3v) is 8.29. The van der Waals surface area contributed by atoms with Crippen molar-refractivity contribution in [1.29, 1.82) is 0 Å². The molecule has 0 aliphatic heterocycles. The number of esters is 1. The van der Waals surface area contributed by atoms with Crippen LogP contribution in [0.1, 0.15) is 72.1 Å². The third kappa shape index (κ3) is 2.57. The second-order valence-corrected chi connectivity index (χ2v) is 9.36. The fourth-order valence-electron chi connectivity index (χ4n) is 6.97. The van der Waals surface area contributed by atoms with Gasteiger partial charge in [0.2, 0.25) is 0 Å². The van der Waals surface area contributed by atoms with Crippen molar-refractivity contribution in [2.75, 3.05) is 0 Å². The molecule has 0 aromatic carbocycles. The lowest BCUT2D eigenvalue weighted by atomic mass is 9.48. The molecule has 142 valence electrons. The number of carbonyl (C=O) groups is 1. The summed E-state index contributed by atoms with van der Waals surface area (Å²) in [4.78, 5) is 22.1. The van der Waals surface area contributed by atoms with Gasteiger partial charge in [-0.3, -0.25) is 4.79 Å². The Morgan fingerprint density at radius 2 is 1.88 bits per heavy atom. The summed E-state index contributed by atoms with van der Waals surface area (Å²) < 4.78 is 5.51. The molecule has 4 aliphatic rings. The van der Waals surface area contributed by atoms with Crippen LogP contribution in [-0.4, -0.2) is 17.8 Å². The molecule has 0 aromatic rings. The monoisotopic (exact) mass is 358 g/mol. The average Bonchev–Trinajstić information content (AvgIpc) is 2.92. The molecule has 5 heteroatoms. The molecule has 0 aromatic heterocycles. The van der Waals surface area contributed by atoms with E-state index < -0.39 is 0 Å². The number of fused-ring (bicyclic) bond motifs is 5. The van der Waals surface area contributed by atoms with Crippen molar-refractivity contribution in [3.63, 3.8) is 0 Å². The fraction of sp³-hybridized carbons (Fsp3) is 0.810. The molecule has 6 atom stereocenters. The molecule has 0 spiro atoms. The minimum atomic E-state index is -0.164. The fourth-order valence-corrected chi connectivity index (χ4v) is 6.97. The summed E-state index contributed by atoms with van der Waals surface area (Å²) in [5.74, 6) is 1.82. The Labute approximate surface area is 155 Å². The van der Waals surface area contributed by atoms with Gasteiger partial charge in [-0.25, -0.2) is 0 Å². The van der Waals surface area contributed by atoms with E-state index in [-0.39, 0.29) is 22.9 Å². The van der Waals surface area contributed by atoms with Gasteiger partial charge in [-0.05, 0) is 68.1 Å². The predicted octanol–water partition coefficient (Wildman–Crippen LogP) is 5.00. The summed E-state index contributed by atoms with van der Waals surface area (Å²) in [6.45, 7) is 6.26. The molecule has 0 bridgehead atoms. The van der Waals surface area contributed by atoms with Crippen LogP contribution < -0.4 is 0 Å². The van der Waals surface area contributed by atoms with Crippen LogP contribution in [0.15, 0.2) is 22.0 Å². The van der Waals surface area contributed by atoms with Crippen molar-refractivity contribution in [2.24, 2.45) is 39.0 Å². The van der Waals surface area contributed by atoms with Crippen LogP contribution in [0.2, 0.25) is 0 Å². The van der Waals surface area contributed by atoms with Crippen LogP contribution in [0, 0.1) is 33.5 Å². The minimum absolute atomic E-state index is 0.0566. The largest absolute Gasteiger partial charge is 0.462 e. The van der Waals surface area contributed by atoms with Crippen molar-refractivity contribution in [1.82, 2.24) is 0 Å². The standard InChI is InChI=1S/C21H30N2O3/c1-13(24)26-15-8-10-20(2)14(12-15)4-5-16-17-6-7-19(22-23-25)21(17,3)11-9-18(16)20/h4,15-18H,5-12H2,1-3H3/b22-19+/t15-,16-,17-,18-,20-,21-/m0/s1. The highest BCUT2D eigenvalue weighted by Gasteiger charge is 2.58. The first-order valence-electron chi connectivity index (χ1n) is 10.1. The smallest absolute Gasteiger partial charge is 0.302 e. The number of allylic oxidation sites excluding steroid dienone is 1. The van der Waals surface area contributed by atoms with Crippen LogP contribution in [0.25, 0.3) is 0 Å². The Morgan fingerprint density at radius 3 is 2.62 bits per heavy atom. The van der Waals surface area contributed by atoms with E-state index in [1.165, 1.54) is 18.9 Å². The van der Waals surface area contributed by atoms with Gasteiger partial charge in [0.1, 0.15) is 6.10 Å². The third-order valence-electron chi connectivity index (χ3n) is 8.29. The predicted molar refractivity (Wildman–Crippen MR) is 100 cm³/mol. The van der Waals surface area contributed by atoms with E-state index in [0.29, 0.717) is 17.8 Å². The number of hydrogen-bond acceptors (Lipinski definition) is 4. The maximum atomic E-state index is 11.3. The number of carbonyl (C=O) groups excluding carboxylic acids is 1. The van der Waals surface area contributed by atoms with E-state index in [9.17, 15) is 9.70 Å². The van der Waals surface area contributed by atoms with Crippen molar-refractivity contribution in [2.45, 2.75) is 78.2 Å². The molecule has 0 unspecified atom stereocenters. The van der Waals surface area contributed by atoms with Crippen molar-refractivity contribution >= 4 is 11.7 Å². The topological polar surface area (TPSA) is 68.1 Å². The van der Waals surface area contributed by atoms with Gasteiger partial charge in [-0.15, -0.1) is 10.0 Å². The molecule has 3 fully saturated rings. The van der Waals surface area contributed by atoms with Gasteiger partial charge in [0.15, 0.2) is 0 Å². The van der Waals surface area contributed by atoms with Crippen LogP contribution >= 0.6 is 0 Å². The van der Waals surface area contributed by atoms with Gasteiger partial charge in [0.25, 0.3) is 0 Å². The molecule has 4 aliphatic carbocycles. The van der Waals surface area contributed by atoms with E-state index in [0.717, 1.165) is 50.7 Å². The lowest BCUT2D eigenvalue weighted by Gasteiger charge is -2.57. The molecule has 0 heterocycles. The molecule has 0 amide bonds. The number of nitrogens with zero attached hydrogens (tertiary/aromatic N) is 2. The highest BCUT2D eigenvalue weighted by molar-refractivity contribution is 5.92. The Kier molecular flexibility index (Phi) is 4.31. The molecule has 3 saturated carbocycles. The summed E-state index contributed by atoms with van der Waals surface area (Å²) in [6, 6.07) is 0. The van der Waals surface area contributed by atoms with E-state index in [2.05, 4.69) is 30.3 Å². The summed E-state index contributed by atoms with van der Waals surface area (Å²) in [7, 11) is 0. The van der Waals surface area contributed by atoms with E-state index in [4.69, 9.17) is 4.74 Å². The first-order valence-corrected chi connectivity index (χ1v) is 10.1. The number of nitroso groups, excluding NO2 is 1. The second-order valence-electron chi connectivity index (χ2n) is 9.36.